The van der Waals surface area contributed by atoms with Crippen LogP contribution in [0.15, 0.2) is 0 Å². The molecule has 0 saturated heterocycles. The molecule has 1 aliphatic carbocycles. The molecule has 0 aromatic heterocycles. The Balaban J connectivity index is 0.000000461. The summed E-state index contributed by atoms with van der Waals surface area (Å²) in [5, 5.41) is 0. The molecule has 66 valence electrons. The third kappa shape index (κ3) is 4.82. The lowest BCUT2D eigenvalue weighted by molar-refractivity contribution is -0.134. The second-order valence-electron chi connectivity index (χ2n) is 2.49. The van der Waals surface area contributed by atoms with Crippen molar-refractivity contribution in [3.8, 4) is 0 Å². The smallest absolute Gasteiger partial charge is 0.293 e. The maximum Gasteiger partial charge on any atom is 0.293 e. The Kier molecular flexibility index (Phi) is 7.21. The summed E-state index contributed by atoms with van der Waals surface area (Å²) >= 11 is 0. The lowest BCUT2D eigenvalue weighted by Gasteiger charge is -2.18. The van der Waals surface area contributed by atoms with Crippen molar-refractivity contribution in [1.29, 1.82) is 0 Å². The molecule has 0 heterocycles. The minimum absolute atomic E-state index is 0.233. The van der Waals surface area contributed by atoms with E-state index >= 15 is 0 Å². The molecule has 1 saturated carbocycles. The lowest BCUT2D eigenvalue weighted by Crippen LogP contribution is -2.15. The summed E-state index contributed by atoms with van der Waals surface area (Å²) in [4.78, 5) is 9.85. The number of hydrogen-bond donors (Lipinski definition) is 0. The predicted octanol–water partition coefficient (Wildman–Crippen LogP) is 2.52. The van der Waals surface area contributed by atoms with Crippen LogP contribution in [0.4, 0.5) is 0 Å². The van der Waals surface area contributed by atoms with Gasteiger partial charge in [-0.1, -0.05) is 20.3 Å². The fraction of sp³-hybridized carbons (Fsp3) is 0.889. The zero-order chi connectivity index (χ0) is 8.53. The molecular formula is C9H18O2. The number of ether oxygens (including phenoxy) is 1. The van der Waals surface area contributed by atoms with E-state index in [2.05, 4.69) is 0 Å². The van der Waals surface area contributed by atoms with Gasteiger partial charge >= 0.3 is 0 Å². The molecule has 2 heteroatoms. The van der Waals surface area contributed by atoms with Gasteiger partial charge < -0.3 is 4.74 Å². The van der Waals surface area contributed by atoms with E-state index in [0.717, 1.165) is 12.8 Å². The van der Waals surface area contributed by atoms with E-state index in [0.29, 0.717) is 6.47 Å². The Morgan fingerprint density at radius 2 is 1.73 bits per heavy atom. The summed E-state index contributed by atoms with van der Waals surface area (Å²) in [6.45, 7) is 4.57. The van der Waals surface area contributed by atoms with E-state index in [1.807, 2.05) is 13.8 Å². The summed E-state index contributed by atoms with van der Waals surface area (Å²) < 4.78 is 4.80. The van der Waals surface area contributed by atoms with Gasteiger partial charge in [-0.2, -0.15) is 0 Å². The van der Waals surface area contributed by atoms with E-state index in [9.17, 15) is 4.79 Å². The van der Waals surface area contributed by atoms with Gasteiger partial charge in [0.25, 0.3) is 6.47 Å². The molecule has 0 bridgehead atoms. The van der Waals surface area contributed by atoms with Crippen LogP contribution < -0.4 is 0 Å². The average Bonchev–Trinajstić information content (AvgIpc) is 2.11. The van der Waals surface area contributed by atoms with E-state index in [1.165, 1.54) is 19.3 Å². The highest BCUT2D eigenvalue weighted by Crippen LogP contribution is 2.19. The predicted molar refractivity (Wildman–Crippen MR) is 45.4 cm³/mol. The quantitative estimate of drug-likeness (QED) is 0.577. The van der Waals surface area contributed by atoms with Crippen LogP contribution in [0.2, 0.25) is 0 Å². The molecule has 0 unspecified atom stereocenters. The van der Waals surface area contributed by atoms with Gasteiger partial charge in [0, 0.05) is 0 Å². The normalized spacial score (nSPS) is 18.0. The van der Waals surface area contributed by atoms with Crippen LogP contribution in [0.3, 0.4) is 0 Å². The van der Waals surface area contributed by atoms with Crippen LogP contribution in [0.1, 0.15) is 46.0 Å². The minimum Gasteiger partial charge on any atom is -0.465 e. The summed E-state index contributed by atoms with van der Waals surface area (Å²) in [6, 6.07) is 0. The summed E-state index contributed by atoms with van der Waals surface area (Å²) in [5.41, 5.74) is 0. The Hall–Kier alpha value is -0.530. The summed E-state index contributed by atoms with van der Waals surface area (Å²) in [7, 11) is 0. The fourth-order valence-electron chi connectivity index (χ4n) is 1.28. The SMILES string of the molecule is CC.O=COC1CCCCC1. The molecule has 0 amide bonds. The monoisotopic (exact) mass is 158 g/mol. The highest BCUT2D eigenvalue weighted by atomic mass is 16.5. The van der Waals surface area contributed by atoms with Gasteiger partial charge in [0.1, 0.15) is 6.10 Å². The number of rotatable bonds is 2. The third-order valence-electron chi connectivity index (χ3n) is 1.80. The molecule has 0 aromatic rings. The molecule has 1 fully saturated rings. The first-order valence-corrected chi connectivity index (χ1v) is 4.52. The third-order valence-corrected chi connectivity index (χ3v) is 1.80. The van der Waals surface area contributed by atoms with E-state index in [-0.39, 0.29) is 6.10 Å². The highest BCUT2D eigenvalue weighted by Gasteiger charge is 2.12. The van der Waals surface area contributed by atoms with Gasteiger partial charge in [0.2, 0.25) is 0 Å². The van der Waals surface area contributed by atoms with Gasteiger partial charge in [0.15, 0.2) is 0 Å². The van der Waals surface area contributed by atoms with Gasteiger partial charge in [-0.25, -0.2) is 0 Å². The number of carbonyl (C=O) groups excluding carboxylic acids is 1. The van der Waals surface area contributed by atoms with Crippen molar-refractivity contribution in [2.45, 2.75) is 52.1 Å². The van der Waals surface area contributed by atoms with Crippen molar-refractivity contribution in [1.82, 2.24) is 0 Å². The zero-order valence-corrected chi connectivity index (χ0v) is 7.51. The summed E-state index contributed by atoms with van der Waals surface area (Å²) in [6.07, 6.45) is 6.11. The molecule has 11 heavy (non-hydrogen) atoms. The van der Waals surface area contributed by atoms with Gasteiger partial charge in [-0.15, -0.1) is 0 Å². The molecular weight excluding hydrogens is 140 g/mol. The first-order valence-electron chi connectivity index (χ1n) is 4.52. The lowest BCUT2D eigenvalue weighted by atomic mass is 9.98. The maximum atomic E-state index is 9.85. The topological polar surface area (TPSA) is 26.3 Å². The number of hydrogen-bond acceptors (Lipinski definition) is 2. The Morgan fingerprint density at radius 3 is 2.18 bits per heavy atom. The van der Waals surface area contributed by atoms with Crippen LogP contribution in [0.25, 0.3) is 0 Å². The molecule has 2 nitrogen and oxygen atoms in total. The molecule has 0 aliphatic heterocycles. The molecule has 0 radical (unpaired) electrons. The average molecular weight is 158 g/mol. The van der Waals surface area contributed by atoms with Crippen molar-refractivity contribution >= 4 is 6.47 Å². The van der Waals surface area contributed by atoms with E-state index in [1.54, 1.807) is 0 Å². The van der Waals surface area contributed by atoms with Crippen molar-refractivity contribution in [3.05, 3.63) is 0 Å². The van der Waals surface area contributed by atoms with Crippen LogP contribution in [-0.4, -0.2) is 12.6 Å². The maximum absolute atomic E-state index is 9.85. The van der Waals surface area contributed by atoms with E-state index < -0.39 is 0 Å². The minimum atomic E-state index is 0.233. The first kappa shape index (κ1) is 10.5. The van der Waals surface area contributed by atoms with Crippen LogP contribution in [-0.2, 0) is 9.53 Å². The fourth-order valence-corrected chi connectivity index (χ4v) is 1.28. The molecule has 1 rings (SSSR count). The Bertz CT molecular complexity index is 85.6. The van der Waals surface area contributed by atoms with Crippen molar-refractivity contribution in [2.24, 2.45) is 0 Å². The first-order chi connectivity index (χ1) is 5.43. The molecule has 0 atom stereocenters. The largest absolute Gasteiger partial charge is 0.465 e. The molecule has 0 spiro atoms. The molecule has 0 N–H and O–H groups in total. The van der Waals surface area contributed by atoms with Gasteiger partial charge in [-0.3, -0.25) is 4.79 Å². The van der Waals surface area contributed by atoms with Gasteiger partial charge in [-0.05, 0) is 25.7 Å². The second-order valence-corrected chi connectivity index (χ2v) is 2.49. The van der Waals surface area contributed by atoms with Crippen LogP contribution in [0.5, 0.6) is 0 Å². The zero-order valence-electron chi connectivity index (χ0n) is 7.51. The van der Waals surface area contributed by atoms with Gasteiger partial charge in [0.05, 0.1) is 0 Å². The van der Waals surface area contributed by atoms with Crippen LogP contribution in [0, 0.1) is 0 Å². The Morgan fingerprint density at radius 1 is 1.18 bits per heavy atom. The number of carbonyl (C=O) groups is 1. The van der Waals surface area contributed by atoms with Crippen molar-refractivity contribution in [3.63, 3.8) is 0 Å². The van der Waals surface area contributed by atoms with Crippen molar-refractivity contribution < 1.29 is 9.53 Å². The Labute approximate surface area is 68.9 Å². The van der Waals surface area contributed by atoms with Crippen molar-refractivity contribution in [2.75, 3.05) is 0 Å². The molecule has 1 aliphatic rings. The highest BCUT2D eigenvalue weighted by molar-refractivity contribution is 5.37. The van der Waals surface area contributed by atoms with E-state index in [4.69, 9.17) is 4.74 Å². The molecule has 0 aromatic carbocycles. The van der Waals surface area contributed by atoms with Crippen LogP contribution >= 0.6 is 0 Å². The standard InChI is InChI=1S/C7H12O2.C2H6/c8-6-9-7-4-2-1-3-5-7;1-2/h6-7H,1-5H2;1-2H3. The second kappa shape index (κ2) is 7.58. The summed E-state index contributed by atoms with van der Waals surface area (Å²) in [5.74, 6) is 0.